The van der Waals surface area contributed by atoms with E-state index in [1.165, 1.54) is 14.2 Å². The van der Waals surface area contributed by atoms with E-state index in [0.29, 0.717) is 28.3 Å². The molecule has 4 atom stereocenters. The molecular weight excluding hydrogens is 530 g/mol. The van der Waals surface area contributed by atoms with Gasteiger partial charge in [-0.15, -0.1) is 0 Å². The molecule has 1 amide bonds. The summed E-state index contributed by atoms with van der Waals surface area (Å²) in [5, 5.41) is 3.06. The number of carbonyl (C=O) groups excluding carboxylic acids is 3. The van der Waals surface area contributed by atoms with E-state index in [1.54, 1.807) is 42.6 Å². The highest BCUT2D eigenvalue weighted by Crippen LogP contribution is 2.62. The minimum atomic E-state index is -1.42. The predicted octanol–water partition coefficient (Wildman–Crippen LogP) is 5.08. The Morgan fingerprint density at radius 2 is 1.64 bits per heavy atom. The maximum Gasteiger partial charge on any atom is 0.238 e. The molecule has 0 bridgehead atoms. The molecule has 3 aliphatic heterocycles. The fraction of sp³-hybridized carbons (Fsp3) is 0.176. The summed E-state index contributed by atoms with van der Waals surface area (Å²) in [5.74, 6) is -1.26. The van der Waals surface area contributed by atoms with Crippen LogP contribution in [0.25, 0.3) is 6.08 Å². The Balaban J connectivity index is 1.53. The number of rotatable bonds is 6. The summed E-state index contributed by atoms with van der Waals surface area (Å²) in [6.07, 6.45) is 5.33. The summed E-state index contributed by atoms with van der Waals surface area (Å²) in [7, 11) is 3.02. The quantitative estimate of drug-likeness (QED) is 0.330. The average molecular weight is 558 g/mol. The lowest BCUT2D eigenvalue weighted by molar-refractivity contribution is -0.122. The van der Waals surface area contributed by atoms with E-state index in [9.17, 15) is 14.4 Å². The lowest BCUT2D eigenvalue weighted by atomic mass is 9.62. The van der Waals surface area contributed by atoms with Crippen LogP contribution in [0, 0.1) is 5.92 Å². The summed E-state index contributed by atoms with van der Waals surface area (Å²) in [5.41, 5.74) is 2.23. The molecule has 0 unspecified atom stereocenters. The van der Waals surface area contributed by atoms with E-state index >= 15 is 0 Å². The van der Waals surface area contributed by atoms with Gasteiger partial charge >= 0.3 is 0 Å². The topological polar surface area (TPSA) is 97.8 Å². The minimum Gasteiger partial charge on any atom is -0.493 e. The second kappa shape index (κ2) is 9.69. The largest absolute Gasteiger partial charge is 0.493 e. The molecule has 1 N–H and O–H groups in total. The van der Waals surface area contributed by atoms with Crippen LogP contribution < -0.4 is 14.8 Å². The third kappa shape index (κ3) is 3.48. The molecule has 0 radical (unpaired) electrons. The van der Waals surface area contributed by atoms with Crippen molar-refractivity contribution in [3.05, 3.63) is 125 Å². The Labute approximate surface area is 242 Å². The SMILES string of the molecule is COc1ccc(C(=O)[C@H]2[C@@H](C(=O)c3ccccn3)N3C=Cc4ccccc4[C@@H]3[C@]23C(=O)Nc2ccccc23)cc1OC. The Morgan fingerprint density at radius 3 is 2.43 bits per heavy atom. The second-order valence-electron chi connectivity index (χ2n) is 10.6. The highest BCUT2D eigenvalue weighted by atomic mass is 16.5. The Hall–Kier alpha value is -5.24. The first-order chi connectivity index (χ1) is 20.5. The van der Waals surface area contributed by atoms with Crippen LogP contribution in [0.5, 0.6) is 11.5 Å². The van der Waals surface area contributed by atoms with Gasteiger partial charge in [0, 0.05) is 23.6 Å². The molecule has 1 spiro atoms. The van der Waals surface area contributed by atoms with Gasteiger partial charge in [0.15, 0.2) is 17.3 Å². The van der Waals surface area contributed by atoms with Crippen molar-refractivity contribution >= 4 is 29.2 Å². The number of benzene rings is 3. The van der Waals surface area contributed by atoms with Crippen LogP contribution in [-0.2, 0) is 10.2 Å². The highest BCUT2D eigenvalue weighted by Gasteiger charge is 2.70. The fourth-order valence-corrected chi connectivity index (χ4v) is 7.00. The van der Waals surface area contributed by atoms with Crippen LogP contribution in [0.4, 0.5) is 5.69 Å². The van der Waals surface area contributed by atoms with Gasteiger partial charge in [0.1, 0.15) is 17.2 Å². The normalized spacial score (nSPS) is 23.1. The number of nitrogens with one attached hydrogen (secondary N) is 1. The molecule has 0 aliphatic carbocycles. The monoisotopic (exact) mass is 557 g/mol. The van der Waals surface area contributed by atoms with Crippen molar-refractivity contribution in [3.8, 4) is 11.5 Å². The number of methoxy groups -OCH3 is 2. The van der Waals surface area contributed by atoms with Crippen LogP contribution in [0.15, 0.2) is 97.3 Å². The minimum absolute atomic E-state index is 0.224. The van der Waals surface area contributed by atoms with Gasteiger partial charge in [0.25, 0.3) is 0 Å². The number of ether oxygens (including phenoxy) is 2. The third-order valence-electron chi connectivity index (χ3n) is 8.71. The smallest absolute Gasteiger partial charge is 0.238 e. The summed E-state index contributed by atoms with van der Waals surface area (Å²) < 4.78 is 10.9. The maximum atomic E-state index is 14.9. The summed E-state index contributed by atoms with van der Waals surface area (Å²) in [6, 6.07) is 23.6. The third-order valence-corrected chi connectivity index (χ3v) is 8.71. The molecule has 1 aromatic heterocycles. The van der Waals surface area contributed by atoms with E-state index in [4.69, 9.17) is 9.47 Å². The van der Waals surface area contributed by atoms with E-state index in [-0.39, 0.29) is 23.2 Å². The maximum absolute atomic E-state index is 14.9. The Kier molecular flexibility index (Phi) is 5.93. The van der Waals surface area contributed by atoms with Crippen molar-refractivity contribution in [2.24, 2.45) is 5.92 Å². The van der Waals surface area contributed by atoms with E-state index in [0.717, 1.165) is 11.1 Å². The van der Waals surface area contributed by atoms with Crippen molar-refractivity contribution in [1.29, 1.82) is 0 Å². The first-order valence-corrected chi connectivity index (χ1v) is 13.7. The summed E-state index contributed by atoms with van der Waals surface area (Å²) in [6.45, 7) is 0. The standard InChI is InChI=1S/C34H27N3O5/c1-41-26-15-14-21(19-27(26)42-2)30(38)28-29(31(39)25-13-7-8-17-35-25)37-18-16-20-9-3-4-10-22(20)32(37)34(28)23-11-5-6-12-24(23)36-33(34)40/h3-19,28-29,32H,1-2H3,(H,36,40)/t28-,29+,32-,34-/m1/s1. The number of anilines is 1. The molecule has 4 aromatic rings. The van der Waals surface area contributed by atoms with Crippen molar-refractivity contribution < 1.29 is 23.9 Å². The zero-order valence-electron chi connectivity index (χ0n) is 23.0. The molecule has 3 aliphatic rings. The summed E-state index contributed by atoms with van der Waals surface area (Å²) in [4.78, 5) is 50.2. The number of hydrogen-bond acceptors (Lipinski definition) is 7. The summed E-state index contributed by atoms with van der Waals surface area (Å²) >= 11 is 0. The molecule has 208 valence electrons. The number of para-hydroxylation sites is 1. The van der Waals surface area contributed by atoms with Crippen LogP contribution in [0.3, 0.4) is 0 Å². The van der Waals surface area contributed by atoms with Crippen molar-refractivity contribution in [2.45, 2.75) is 17.5 Å². The number of ketones is 2. The zero-order valence-corrected chi connectivity index (χ0v) is 23.0. The molecule has 42 heavy (non-hydrogen) atoms. The predicted molar refractivity (Wildman–Crippen MR) is 157 cm³/mol. The molecule has 4 heterocycles. The number of aromatic nitrogens is 1. The van der Waals surface area contributed by atoms with Crippen molar-refractivity contribution in [2.75, 3.05) is 19.5 Å². The van der Waals surface area contributed by atoms with Crippen LogP contribution in [0.1, 0.15) is 43.6 Å². The number of pyridine rings is 1. The second-order valence-corrected chi connectivity index (χ2v) is 10.6. The number of hydrogen-bond donors (Lipinski definition) is 1. The molecule has 8 nitrogen and oxygen atoms in total. The zero-order chi connectivity index (χ0) is 29.0. The average Bonchev–Trinajstić information content (AvgIpc) is 3.52. The van der Waals surface area contributed by atoms with E-state index < -0.39 is 23.4 Å². The van der Waals surface area contributed by atoms with Crippen molar-refractivity contribution in [3.63, 3.8) is 0 Å². The molecule has 0 saturated carbocycles. The van der Waals surface area contributed by atoms with Gasteiger partial charge in [-0.3, -0.25) is 19.4 Å². The van der Waals surface area contributed by atoms with E-state index in [1.807, 2.05) is 65.7 Å². The van der Waals surface area contributed by atoms with Gasteiger partial charge in [-0.25, -0.2) is 0 Å². The van der Waals surface area contributed by atoms with Gasteiger partial charge in [0.05, 0.1) is 26.2 Å². The first-order valence-electron chi connectivity index (χ1n) is 13.7. The van der Waals surface area contributed by atoms with Crippen molar-refractivity contribution in [1.82, 2.24) is 9.88 Å². The van der Waals surface area contributed by atoms with Gasteiger partial charge in [0.2, 0.25) is 11.7 Å². The van der Waals surface area contributed by atoms with E-state index in [2.05, 4.69) is 10.3 Å². The molecule has 1 fully saturated rings. The molecule has 7 rings (SSSR count). The Morgan fingerprint density at radius 1 is 0.881 bits per heavy atom. The molecule has 1 saturated heterocycles. The number of amides is 1. The number of carbonyl (C=O) groups is 3. The van der Waals surface area contributed by atoms with Gasteiger partial charge in [-0.2, -0.15) is 0 Å². The molecule has 8 heteroatoms. The molecular formula is C34H27N3O5. The van der Waals surface area contributed by atoms with Crippen LogP contribution in [0.2, 0.25) is 0 Å². The van der Waals surface area contributed by atoms with Gasteiger partial charge in [-0.05, 0) is 59.2 Å². The molecule has 3 aromatic carbocycles. The van der Waals surface area contributed by atoms with Crippen LogP contribution in [-0.4, -0.2) is 47.6 Å². The van der Waals surface area contributed by atoms with Gasteiger partial charge in [-0.1, -0.05) is 48.5 Å². The first kappa shape index (κ1) is 25.7. The van der Waals surface area contributed by atoms with Gasteiger partial charge < -0.3 is 19.7 Å². The number of nitrogens with zero attached hydrogens (tertiary/aromatic N) is 2. The lowest BCUT2D eigenvalue weighted by Crippen LogP contribution is -2.49. The van der Waals surface area contributed by atoms with Crippen LogP contribution >= 0.6 is 0 Å². The number of fused-ring (bicyclic) bond motifs is 6. The fourth-order valence-electron chi connectivity index (χ4n) is 7.00. The Bertz CT molecular complexity index is 1790. The number of Topliss-reactive ketones (excluding diaryl/α,β-unsaturated/α-hetero) is 2. The highest BCUT2D eigenvalue weighted by molar-refractivity contribution is 6.16. The lowest BCUT2D eigenvalue weighted by Gasteiger charge is -2.38.